The molecule has 0 spiro atoms. The fourth-order valence-corrected chi connectivity index (χ4v) is 2.63. The van der Waals surface area contributed by atoms with Crippen LogP contribution in [-0.4, -0.2) is 24.0 Å². The first-order valence-corrected chi connectivity index (χ1v) is 6.88. The van der Waals surface area contributed by atoms with Gasteiger partial charge in [-0.3, -0.25) is 9.78 Å². The summed E-state index contributed by atoms with van der Waals surface area (Å²) in [6.45, 7) is 0.929. The number of nitrogens with zero attached hydrogens (tertiary/aromatic N) is 1. The third kappa shape index (κ3) is 3.72. The van der Waals surface area contributed by atoms with E-state index in [0.29, 0.717) is 19.3 Å². The lowest BCUT2D eigenvalue weighted by Gasteiger charge is -2.27. The van der Waals surface area contributed by atoms with Crippen LogP contribution in [0.1, 0.15) is 41.7 Å². The van der Waals surface area contributed by atoms with Gasteiger partial charge in [-0.2, -0.15) is 13.2 Å². The van der Waals surface area contributed by atoms with E-state index < -0.39 is 17.6 Å². The van der Waals surface area contributed by atoms with Gasteiger partial charge in [0.25, 0.3) is 5.91 Å². The highest BCUT2D eigenvalue weighted by atomic mass is 19.4. The minimum atomic E-state index is -4.45. The van der Waals surface area contributed by atoms with Gasteiger partial charge < -0.3 is 11.1 Å². The van der Waals surface area contributed by atoms with Crippen molar-refractivity contribution < 1.29 is 18.0 Å². The van der Waals surface area contributed by atoms with Crippen LogP contribution in [-0.2, 0) is 6.18 Å². The summed E-state index contributed by atoms with van der Waals surface area (Å²) in [5.41, 5.74) is 4.80. The van der Waals surface area contributed by atoms with Crippen molar-refractivity contribution in [3.63, 3.8) is 0 Å². The van der Waals surface area contributed by atoms with Gasteiger partial charge in [0.15, 0.2) is 0 Å². The van der Waals surface area contributed by atoms with Crippen molar-refractivity contribution >= 4 is 5.91 Å². The Morgan fingerprint density at radius 1 is 1.33 bits per heavy atom. The van der Waals surface area contributed by atoms with Gasteiger partial charge >= 0.3 is 6.18 Å². The van der Waals surface area contributed by atoms with E-state index in [2.05, 4.69) is 10.3 Å². The topological polar surface area (TPSA) is 68.0 Å². The molecule has 0 aromatic carbocycles. The molecular formula is C14H18F3N3O. The van der Waals surface area contributed by atoms with E-state index in [0.717, 1.165) is 37.8 Å². The largest absolute Gasteiger partial charge is 0.417 e. The summed E-state index contributed by atoms with van der Waals surface area (Å²) >= 11 is 0. The second-order valence-electron chi connectivity index (χ2n) is 5.52. The lowest BCUT2D eigenvalue weighted by molar-refractivity contribution is -0.137. The van der Waals surface area contributed by atoms with Crippen molar-refractivity contribution in [1.82, 2.24) is 10.3 Å². The molecule has 0 atom stereocenters. The van der Waals surface area contributed by atoms with Crippen molar-refractivity contribution in [3.05, 3.63) is 29.6 Å². The molecule has 2 rings (SSSR count). The standard InChI is InChI=1S/C14H18F3N3O/c15-14(16,17)10-3-4-11(19-7-10)12(21)20-9-13(8-18)5-1-2-6-13/h3-4,7H,1-2,5-6,8-9,18H2,(H,20,21). The van der Waals surface area contributed by atoms with Gasteiger partial charge in [0.05, 0.1) is 5.56 Å². The lowest BCUT2D eigenvalue weighted by Crippen LogP contribution is -2.40. The van der Waals surface area contributed by atoms with Crippen molar-refractivity contribution in [2.24, 2.45) is 11.1 Å². The van der Waals surface area contributed by atoms with Gasteiger partial charge in [0.1, 0.15) is 5.69 Å². The number of pyridine rings is 1. The van der Waals surface area contributed by atoms with Crippen LogP contribution in [0.5, 0.6) is 0 Å². The third-order valence-corrected chi connectivity index (χ3v) is 4.04. The summed E-state index contributed by atoms with van der Waals surface area (Å²) in [6, 6.07) is 1.94. The van der Waals surface area contributed by atoms with Gasteiger partial charge in [-0.15, -0.1) is 0 Å². The molecule has 3 N–H and O–H groups in total. The average molecular weight is 301 g/mol. The minimum absolute atomic E-state index is 0.0202. The molecule has 21 heavy (non-hydrogen) atoms. The Hall–Kier alpha value is -1.63. The van der Waals surface area contributed by atoms with E-state index >= 15 is 0 Å². The molecule has 1 heterocycles. The van der Waals surface area contributed by atoms with Crippen LogP contribution >= 0.6 is 0 Å². The fraction of sp³-hybridized carbons (Fsp3) is 0.571. The number of alkyl halides is 3. The summed E-state index contributed by atoms with van der Waals surface area (Å²) in [5.74, 6) is -0.469. The highest BCUT2D eigenvalue weighted by molar-refractivity contribution is 5.92. The third-order valence-electron chi connectivity index (χ3n) is 4.04. The summed E-state index contributed by atoms with van der Waals surface area (Å²) < 4.78 is 37.2. The lowest BCUT2D eigenvalue weighted by atomic mass is 9.86. The molecule has 0 bridgehead atoms. The molecule has 0 saturated heterocycles. The Kier molecular flexibility index (Phi) is 4.51. The minimum Gasteiger partial charge on any atom is -0.350 e. The molecule has 1 aromatic rings. The quantitative estimate of drug-likeness (QED) is 0.897. The van der Waals surface area contributed by atoms with E-state index in [1.165, 1.54) is 0 Å². The number of nitrogens with two attached hydrogens (primary N) is 1. The first-order valence-electron chi connectivity index (χ1n) is 6.88. The zero-order valence-electron chi connectivity index (χ0n) is 11.5. The molecule has 1 aliphatic carbocycles. The molecule has 1 saturated carbocycles. The van der Waals surface area contributed by atoms with Crippen LogP contribution in [0.4, 0.5) is 13.2 Å². The van der Waals surface area contributed by atoms with Gasteiger partial charge in [-0.1, -0.05) is 12.8 Å². The molecule has 1 aromatic heterocycles. The highest BCUT2D eigenvalue weighted by Gasteiger charge is 2.33. The zero-order valence-corrected chi connectivity index (χ0v) is 11.5. The maximum Gasteiger partial charge on any atom is 0.417 e. The number of halogens is 3. The van der Waals surface area contributed by atoms with E-state index in [9.17, 15) is 18.0 Å². The van der Waals surface area contributed by atoms with Crippen LogP contribution in [0.15, 0.2) is 18.3 Å². The number of carbonyl (C=O) groups excluding carboxylic acids is 1. The Balaban J connectivity index is 1.97. The highest BCUT2D eigenvalue weighted by Crippen LogP contribution is 2.36. The molecule has 1 aliphatic rings. The summed E-state index contributed by atoms with van der Waals surface area (Å²) in [6.07, 6.45) is 0.324. The Labute approximate surface area is 120 Å². The van der Waals surface area contributed by atoms with E-state index in [1.54, 1.807) is 0 Å². The molecule has 0 radical (unpaired) electrons. The smallest absolute Gasteiger partial charge is 0.350 e. The molecular weight excluding hydrogens is 283 g/mol. The Morgan fingerprint density at radius 3 is 2.48 bits per heavy atom. The van der Waals surface area contributed by atoms with E-state index in [-0.39, 0.29) is 11.1 Å². The zero-order chi connectivity index (χ0) is 15.5. The first-order chi connectivity index (χ1) is 9.86. The van der Waals surface area contributed by atoms with Crippen molar-refractivity contribution in [1.29, 1.82) is 0 Å². The predicted molar refractivity (Wildman–Crippen MR) is 71.5 cm³/mol. The molecule has 116 valence electrons. The summed E-state index contributed by atoms with van der Waals surface area (Å²) in [7, 11) is 0. The number of nitrogens with one attached hydrogen (secondary N) is 1. The molecule has 1 amide bonds. The van der Waals surface area contributed by atoms with Crippen LogP contribution in [0.3, 0.4) is 0 Å². The average Bonchev–Trinajstić information content (AvgIpc) is 2.93. The van der Waals surface area contributed by atoms with Crippen molar-refractivity contribution in [3.8, 4) is 0 Å². The number of hydrogen-bond donors (Lipinski definition) is 2. The first kappa shape index (κ1) is 15.8. The van der Waals surface area contributed by atoms with Crippen LogP contribution in [0.2, 0.25) is 0 Å². The number of aromatic nitrogens is 1. The van der Waals surface area contributed by atoms with Gasteiger partial charge in [-0.05, 0) is 36.9 Å². The van der Waals surface area contributed by atoms with Gasteiger partial charge in [0.2, 0.25) is 0 Å². The molecule has 0 unspecified atom stereocenters. The van der Waals surface area contributed by atoms with E-state index in [1.807, 2.05) is 0 Å². The Bertz CT molecular complexity index is 493. The molecule has 1 fully saturated rings. The Morgan fingerprint density at radius 2 is 2.00 bits per heavy atom. The van der Waals surface area contributed by atoms with E-state index in [4.69, 9.17) is 5.73 Å². The van der Waals surface area contributed by atoms with Gasteiger partial charge in [-0.25, -0.2) is 0 Å². The van der Waals surface area contributed by atoms with Gasteiger partial charge in [0, 0.05) is 12.7 Å². The fourth-order valence-electron chi connectivity index (χ4n) is 2.63. The maximum absolute atomic E-state index is 12.4. The number of carbonyl (C=O) groups is 1. The second-order valence-corrected chi connectivity index (χ2v) is 5.52. The monoisotopic (exact) mass is 301 g/mol. The normalized spacial score (nSPS) is 17.7. The van der Waals surface area contributed by atoms with Crippen molar-refractivity contribution in [2.75, 3.05) is 13.1 Å². The molecule has 7 heteroatoms. The predicted octanol–water partition coefficient (Wildman–Crippen LogP) is 2.35. The maximum atomic E-state index is 12.4. The number of amides is 1. The molecule has 0 aliphatic heterocycles. The molecule has 4 nitrogen and oxygen atoms in total. The SMILES string of the molecule is NCC1(CNC(=O)c2ccc(C(F)(F)F)cn2)CCCC1. The van der Waals surface area contributed by atoms with Crippen LogP contribution in [0, 0.1) is 5.41 Å². The number of rotatable bonds is 4. The number of hydrogen-bond acceptors (Lipinski definition) is 3. The second kappa shape index (κ2) is 6.01. The van der Waals surface area contributed by atoms with Crippen molar-refractivity contribution in [2.45, 2.75) is 31.9 Å². The summed E-state index contributed by atoms with van der Waals surface area (Å²) in [4.78, 5) is 15.5. The summed E-state index contributed by atoms with van der Waals surface area (Å²) in [5, 5.41) is 2.73. The van der Waals surface area contributed by atoms with Crippen LogP contribution < -0.4 is 11.1 Å². The van der Waals surface area contributed by atoms with Crippen LogP contribution in [0.25, 0.3) is 0 Å².